The molecule has 0 saturated heterocycles. The van der Waals surface area contributed by atoms with Crippen molar-refractivity contribution in [1.29, 1.82) is 0 Å². The Labute approximate surface area is 165 Å². The number of carbonyl (C=O) groups excluding carboxylic acids is 1. The highest BCUT2D eigenvalue weighted by Crippen LogP contribution is 2.42. The number of hydrogen-bond acceptors (Lipinski definition) is 6. The molecule has 144 valence electrons. The van der Waals surface area contributed by atoms with Gasteiger partial charge in [-0.25, -0.2) is 4.99 Å². The quantitative estimate of drug-likeness (QED) is 0.800. The average molecular weight is 375 g/mol. The maximum absolute atomic E-state index is 11.9. The highest BCUT2D eigenvalue weighted by atomic mass is 16.1. The molecule has 1 aliphatic heterocycles. The molecule has 1 heterocycles. The van der Waals surface area contributed by atoms with E-state index in [2.05, 4.69) is 4.99 Å². The van der Waals surface area contributed by atoms with Gasteiger partial charge in [-0.1, -0.05) is 42.8 Å². The molecule has 0 unspecified atom stereocenters. The van der Waals surface area contributed by atoms with Gasteiger partial charge in [0, 0.05) is 11.1 Å². The van der Waals surface area contributed by atoms with Gasteiger partial charge in [0.2, 0.25) is 11.9 Å². The Morgan fingerprint density at radius 1 is 1.04 bits per heavy atom. The summed E-state index contributed by atoms with van der Waals surface area (Å²) >= 11 is 0. The number of rotatable bonds is 3. The van der Waals surface area contributed by atoms with Crippen LogP contribution in [0.1, 0.15) is 49.4 Å². The molecule has 6 heteroatoms. The molecule has 0 radical (unpaired) electrons. The molecule has 2 aromatic rings. The molecule has 28 heavy (non-hydrogen) atoms. The van der Waals surface area contributed by atoms with Gasteiger partial charge in [0.05, 0.1) is 5.69 Å². The zero-order chi connectivity index (χ0) is 19.7. The highest BCUT2D eigenvalue weighted by Gasteiger charge is 2.43. The van der Waals surface area contributed by atoms with Gasteiger partial charge in [-0.15, -0.1) is 0 Å². The van der Waals surface area contributed by atoms with Crippen LogP contribution >= 0.6 is 0 Å². The molecular formula is C22H25N5O. The summed E-state index contributed by atoms with van der Waals surface area (Å²) in [6.07, 6.45) is 5.09. The molecule has 1 saturated carbocycles. The normalized spacial score (nSPS) is 18.5. The monoisotopic (exact) mass is 375 g/mol. The second kappa shape index (κ2) is 7.11. The van der Waals surface area contributed by atoms with Gasteiger partial charge in [-0.05, 0) is 50.3 Å². The number of benzene rings is 2. The summed E-state index contributed by atoms with van der Waals surface area (Å²) in [7, 11) is 0. The average Bonchev–Trinajstić information content (AvgIpc) is 2.68. The number of Topliss-reactive ketones (excluding diaryl/α,β-unsaturated/α-hetero) is 1. The maximum Gasteiger partial charge on any atom is 0.220 e. The van der Waals surface area contributed by atoms with Crippen molar-refractivity contribution >= 4 is 23.4 Å². The molecule has 1 fully saturated rings. The van der Waals surface area contributed by atoms with E-state index in [-0.39, 0.29) is 11.7 Å². The van der Waals surface area contributed by atoms with Gasteiger partial charge in [0.25, 0.3) is 0 Å². The summed E-state index contributed by atoms with van der Waals surface area (Å²) in [4.78, 5) is 22.9. The van der Waals surface area contributed by atoms with Crippen LogP contribution in [0.15, 0.2) is 58.5 Å². The topological polar surface area (TPSA) is 97.1 Å². The number of hydrogen-bond donors (Lipinski definition) is 2. The molecule has 4 N–H and O–H groups in total. The molecule has 6 nitrogen and oxygen atoms in total. The van der Waals surface area contributed by atoms with Gasteiger partial charge in [0.15, 0.2) is 5.78 Å². The minimum Gasteiger partial charge on any atom is -0.369 e. The van der Waals surface area contributed by atoms with E-state index in [9.17, 15) is 4.79 Å². The fourth-order valence-corrected chi connectivity index (χ4v) is 4.29. The van der Waals surface area contributed by atoms with Crippen molar-refractivity contribution in [3.8, 4) is 11.1 Å². The SMILES string of the molecule is CC(=O)c1cccc(-c2ccccc2N2C(N)=NC(N)=NC23CCCCC3)c1. The van der Waals surface area contributed by atoms with Crippen molar-refractivity contribution < 1.29 is 4.79 Å². The van der Waals surface area contributed by atoms with Crippen molar-refractivity contribution in [2.45, 2.75) is 44.7 Å². The minimum absolute atomic E-state index is 0.0412. The van der Waals surface area contributed by atoms with Gasteiger partial charge in [-0.3, -0.25) is 9.69 Å². The van der Waals surface area contributed by atoms with E-state index in [0.717, 1.165) is 42.5 Å². The second-order valence-corrected chi connectivity index (χ2v) is 7.47. The van der Waals surface area contributed by atoms with Crippen LogP contribution in [0, 0.1) is 0 Å². The van der Waals surface area contributed by atoms with Crippen molar-refractivity contribution in [3.05, 3.63) is 54.1 Å². The first-order chi connectivity index (χ1) is 13.5. The molecule has 0 aromatic heterocycles. The third-order valence-corrected chi connectivity index (χ3v) is 5.58. The molecule has 0 bridgehead atoms. The van der Waals surface area contributed by atoms with Crippen LogP contribution in [0.2, 0.25) is 0 Å². The van der Waals surface area contributed by atoms with Crippen LogP contribution in [0.3, 0.4) is 0 Å². The van der Waals surface area contributed by atoms with Crippen LogP contribution in [0.5, 0.6) is 0 Å². The molecule has 2 aromatic carbocycles. The number of ketones is 1. The van der Waals surface area contributed by atoms with Crippen molar-refractivity contribution in [2.75, 3.05) is 4.90 Å². The molecular weight excluding hydrogens is 350 g/mol. The van der Waals surface area contributed by atoms with E-state index in [1.807, 2.05) is 53.4 Å². The van der Waals surface area contributed by atoms with E-state index in [1.54, 1.807) is 6.92 Å². The number of aliphatic imine (C=N–C) groups is 2. The smallest absolute Gasteiger partial charge is 0.220 e. The van der Waals surface area contributed by atoms with E-state index in [1.165, 1.54) is 6.42 Å². The van der Waals surface area contributed by atoms with Crippen LogP contribution in [0.25, 0.3) is 11.1 Å². The Balaban J connectivity index is 1.86. The Hall–Kier alpha value is -3.15. The highest BCUT2D eigenvalue weighted by molar-refractivity contribution is 6.07. The van der Waals surface area contributed by atoms with Crippen molar-refractivity contribution in [1.82, 2.24) is 0 Å². The van der Waals surface area contributed by atoms with Crippen LogP contribution in [0.4, 0.5) is 5.69 Å². The van der Waals surface area contributed by atoms with Crippen LogP contribution < -0.4 is 16.4 Å². The molecule has 4 rings (SSSR count). The number of carbonyl (C=O) groups is 1. The van der Waals surface area contributed by atoms with E-state index < -0.39 is 5.66 Å². The van der Waals surface area contributed by atoms with E-state index in [4.69, 9.17) is 16.5 Å². The molecule has 1 aliphatic carbocycles. The predicted molar refractivity (Wildman–Crippen MR) is 113 cm³/mol. The standard InChI is InChI=1S/C22H25N5O/c1-15(28)16-8-7-9-17(14-16)18-10-3-4-11-19(18)27-21(24)25-20(23)26-22(27)12-5-2-6-13-22/h3-4,7-11,14H,2,5-6,12-13H2,1H3,(H4,23,24,25,26). The second-order valence-electron chi connectivity index (χ2n) is 7.47. The van der Waals surface area contributed by atoms with E-state index >= 15 is 0 Å². The lowest BCUT2D eigenvalue weighted by molar-refractivity contribution is 0.101. The van der Waals surface area contributed by atoms with Gasteiger partial charge in [-0.2, -0.15) is 4.99 Å². The number of guanidine groups is 2. The summed E-state index contributed by atoms with van der Waals surface area (Å²) in [5.74, 6) is 0.649. The Bertz CT molecular complexity index is 972. The third-order valence-electron chi connectivity index (χ3n) is 5.58. The Morgan fingerprint density at radius 3 is 2.54 bits per heavy atom. The first-order valence-electron chi connectivity index (χ1n) is 9.70. The summed E-state index contributed by atoms with van der Waals surface area (Å²) in [5, 5.41) is 0. The molecule has 0 amide bonds. The number of nitrogens with zero attached hydrogens (tertiary/aromatic N) is 3. The van der Waals surface area contributed by atoms with E-state index in [0.29, 0.717) is 11.5 Å². The Kier molecular flexibility index (Phi) is 4.63. The molecule has 2 aliphatic rings. The molecule has 1 spiro atoms. The lowest BCUT2D eigenvalue weighted by atomic mass is 9.86. The zero-order valence-electron chi connectivity index (χ0n) is 16.1. The molecule has 0 atom stereocenters. The Morgan fingerprint density at radius 2 is 1.79 bits per heavy atom. The minimum atomic E-state index is -0.498. The lowest BCUT2D eigenvalue weighted by Crippen LogP contribution is -2.58. The van der Waals surface area contributed by atoms with Gasteiger partial charge in [0.1, 0.15) is 5.66 Å². The fraction of sp³-hybridized carbons (Fsp3) is 0.318. The number of anilines is 1. The zero-order valence-corrected chi connectivity index (χ0v) is 16.1. The summed E-state index contributed by atoms with van der Waals surface area (Å²) < 4.78 is 0. The predicted octanol–water partition coefficient (Wildman–Crippen LogP) is 3.67. The first-order valence-corrected chi connectivity index (χ1v) is 9.70. The fourth-order valence-electron chi connectivity index (χ4n) is 4.29. The largest absolute Gasteiger partial charge is 0.369 e. The van der Waals surface area contributed by atoms with Gasteiger partial charge >= 0.3 is 0 Å². The maximum atomic E-state index is 11.9. The number of para-hydroxylation sites is 1. The van der Waals surface area contributed by atoms with Crippen LogP contribution in [-0.2, 0) is 0 Å². The van der Waals surface area contributed by atoms with Crippen molar-refractivity contribution in [3.63, 3.8) is 0 Å². The lowest BCUT2D eigenvalue weighted by Gasteiger charge is -2.46. The third kappa shape index (κ3) is 3.15. The summed E-state index contributed by atoms with van der Waals surface area (Å²) in [6, 6.07) is 15.7. The first kappa shape index (κ1) is 18.2. The summed E-state index contributed by atoms with van der Waals surface area (Å²) in [5.41, 5.74) is 15.5. The van der Waals surface area contributed by atoms with Gasteiger partial charge < -0.3 is 11.5 Å². The van der Waals surface area contributed by atoms with Crippen LogP contribution in [-0.4, -0.2) is 23.4 Å². The summed E-state index contributed by atoms with van der Waals surface area (Å²) in [6.45, 7) is 1.58. The van der Waals surface area contributed by atoms with Crippen molar-refractivity contribution in [2.24, 2.45) is 21.5 Å². The number of nitrogens with two attached hydrogens (primary N) is 2.